The molecule has 0 N–H and O–H groups in total. The van der Waals surface area contributed by atoms with Gasteiger partial charge in [0.1, 0.15) is 0 Å². The number of hydrogen-bond acceptors (Lipinski definition) is 3. The lowest BCUT2D eigenvalue weighted by Crippen LogP contribution is -2.31. The molecule has 1 unspecified atom stereocenters. The molecule has 0 radical (unpaired) electrons. The molecule has 2 rings (SSSR count). The second kappa shape index (κ2) is 4.96. The van der Waals surface area contributed by atoms with E-state index < -0.39 is 0 Å². The monoisotopic (exact) mass is 299 g/mol. The van der Waals surface area contributed by atoms with Crippen LogP contribution in [0.2, 0.25) is 0 Å². The average molecular weight is 300 g/mol. The van der Waals surface area contributed by atoms with Crippen molar-refractivity contribution in [3.05, 3.63) is 23.8 Å². The van der Waals surface area contributed by atoms with Gasteiger partial charge in [0.2, 0.25) is 6.79 Å². The number of rotatable bonds is 3. The highest BCUT2D eigenvalue weighted by Crippen LogP contribution is 2.32. The maximum absolute atomic E-state index is 12.1. The third-order valence-electron chi connectivity index (χ3n) is 2.49. The number of carbonyl (C=O) groups is 1. The number of amides is 1. The molecule has 1 atom stereocenters. The Morgan fingerprint density at radius 1 is 1.47 bits per heavy atom. The first-order valence-corrected chi connectivity index (χ1v) is 6.28. The van der Waals surface area contributed by atoms with Crippen molar-refractivity contribution >= 4 is 21.8 Å². The highest BCUT2D eigenvalue weighted by Gasteiger charge is 2.18. The van der Waals surface area contributed by atoms with Crippen molar-refractivity contribution in [3.8, 4) is 11.5 Å². The van der Waals surface area contributed by atoms with Crippen molar-refractivity contribution in [1.29, 1.82) is 0 Å². The Kier molecular flexibility index (Phi) is 3.57. The molecule has 1 aromatic rings. The summed E-state index contributed by atoms with van der Waals surface area (Å²) in [5.41, 5.74) is 0.616. The Morgan fingerprint density at radius 3 is 2.88 bits per heavy atom. The zero-order chi connectivity index (χ0) is 12.4. The van der Waals surface area contributed by atoms with Gasteiger partial charge in [0.15, 0.2) is 11.5 Å². The van der Waals surface area contributed by atoms with Crippen molar-refractivity contribution in [1.82, 2.24) is 4.90 Å². The molecule has 0 aromatic heterocycles. The molecule has 1 aliphatic heterocycles. The zero-order valence-corrected chi connectivity index (χ0v) is 11.4. The van der Waals surface area contributed by atoms with E-state index in [0.29, 0.717) is 23.6 Å². The minimum Gasteiger partial charge on any atom is -0.454 e. The molecule has 0 spiro atoms. The molecular weight excluding hydrogens is 286 g/mol. The number of hydrogen-bond donors (Lipinski definition) is 0. The van der Waals surface area contributed by atoms with Crippen LogP contribution < -0.4 is 9.47 Å². The van der Waals surface area contributed by atoms with Gasteiger partial charge in [-0.1, -0.05) is 22.9 Å². The summed E-state index contributed by atoms with van der Waals surface area (Å²) in [4.78, 5) is 14.0. The Labute approximate surface area is 109 Å². The van der Waals surface area contributed by atoms with Crippen LogP contribution >= 0.6 is 15.9 Å². The quantitative estimate of drug-likeness (QED) is 0.804. The fraction of sp³-hybridized carbons (Fsp3) is 0.417. The van der Waals surface area contributed by atoms with Gasteiger partial charge >= 0.3 is 0 Å². The van der Waals surface area contributed by atoms with Crippen LogP contribution in [0.5, 0.6) is 11.5 Å². The van der Waals surface area contributed by atoms with Crippen LogP contribution in [0.15, 0.2) is 18.2 Å². The third-order valence-corrected chi connectivity index (χ3v) is 2.78. The lowest BCUT2D eigenvalue weighted by atomic mass is 10.2. The van der Waals surface area contributed by atoms with E-state index in [1.54, 1.807) is 30.1 Å². The molecule has 1 aliphatic rings. The zero-order valence-electron chi connectivity index (χ0n) is 9.77. The van der Waals surface area contributed by atoms with E-state index in [-0.39, 0.29) is 17.5 Å². The number of ether oxygens (including phenoxy) is 2. The Balaban J connectivity index is 2.14. The van der Waals surface area contributed by atoms with Gasteiger partial charge in [0, 0.05) is 24.0 Å². The SMILES string of the molecule is CC(Br)CN(C)C(=O)c1ccc2c(c1)OCO2. The van der Waals surface area contributed by atoms with E-state index in [9.17, 15) is 4.79 Å². The van der Waals surface area contributed by atoms with Crippen molar-refractivity contribution in [2.45, 2.75) is 11.8 Å². The maximum atomic E-state index is 12.1. The van der Waals surface area contributed by atoms with Crippen LogP contribution in [0, 0.1) is 0 Å². The fourth-order valence-electron chi connectivity index (χ4n) is 1.71. The summed E-state index contributed by atoms with van der Waals surface area (Å²) < 4.78 is 10.5. The number of nitrogens with zero attached hydrogens (tertiary/aromatic N) is 1. The molecule has 92 valence electrons. The van der Waals surface area contributed by atoms with Gasteiger partial charge in [0.25, 0.3) is 5.91 Å². The van der Waals surface area contributed by atoms with Crippen LogP contribution in [0.3, 0.4) is 0 Å². The van der Waals surface area contributed by atoms with E-state index in [1.165, 1.54) is 0 Å². The first-order chi connectivity index (χ1) is 8.08. The Morgan fingerprint density at radius 2 is 2.18 bits per heavy atom. The maximum Gasteiger partial charge on any atom is 0.253 e. The summed E-state index contributed by atoms with van der Waals surface area (Å²) in [6.45, 7) is 2.89. The van der Waals surface area contributed by atoms with E-state index >= 15 is 0 Å². The molecule has 1 amide bonds. The van der Waals surface area contributed by atoms with E-state index in [4.69, 9.17) is 9.47 Å². The average Bonchev–Trinajstić information content (AvgIpc) is 2.73. The summed E-state index contributed by atoms with van der Waals surface area (Å²) in [6.07, 6.45) is 0. The number of carbonyl (C=O) groups excluding carboxylic acids is 1. The van der Waals surface area contributed by atoms with Crippen LogP contribution in [0.1, 0.15) is 17.3 Å². The minimum atomic E-state index is -0.0189. The fourth-order valence-corrected chi connectivity index (χ4v) is 2.14. The summed E-state index contributed by atoms with van der Waals surface area (Å²) in [5, 5.41) is 0. The van der Waals surface area contributed by atoms with Crippen molar-refractivity contribution in [3.63, 3.8) is 0 Å². The first kappa shape index (κ1) is 12.2. The predicted molar refractivity (Wildman–Crippen MR) is 67.9 cm³/mol. The Hall–Kier alpha value is -1.23. The van der Waals surface area contributed by atoms with Gasteiger partial charge in [-0.05, 0) is 18.2 Å². The van der Waals surface area contributed by atoms with Crippen LogP contribution in [0.25, 0.3) is 0 Å². The molecule has 4 nitrogen and oxygen atoms in total. The predicted octanol–water partition coefficient (Wildman–Crippen LogP) is 2.27. The lowest BCUT2D eigenvalue weighted by molar-refractivity contribution is 0.0797. The van der Waals surface area contributed by atoms with Gasteiger partial charge in [0.05, 0.1) is 0 Å². The molecular formula is C12H14BrNO3. The summed E-state index contributed by atoms with van der Waals surface area (Å²) in [7, 11) is 1.78. The topological polar surface area (TPSA) is 38.8 Å². The second-order valence-corrected chi connectivity index (χ2v) is 5.60. The van der Waals surface area contributed by atoms with Gasteiger partial charge in [-0.15, -0.1) is 0 Å². The highest BCUT2D eigenvalue weighted by atomic mass is 79.9. The molecule has 0 aliphatic carbocycles. The third kappa shape index (κ3) is 2.72. The molecule has 1 aromatic carbocycles. The van der Waals surface area contributed by atoms with Crippen LogP contribution in [0.4, 0.5) is 0 Å². The van der Waals surface area contributed by atoms with Gasteiger partial charge < -0.3 is 14.4 Å². The molecule has 1 heterocycles. The number of fused-ring (bicyclic) bond motifs is 1. The van der Waals surface area contributed by atoms with Crippen LogP contribution in [-0.2, 0) is 0 Å². The van der Waals surface area contributed by atoms with Crippen LogP contribution in [-0.4, -0.2) is 36.0 Å². The highest BCUT2D eigenvalue weighted by molar-refractivity contribution is 9.09. The lowest BCUT2D eigenvalue weighted by Gasteiger charge is -2.18. The van der Waals surface area contributed by atoms with Crippen molar-refractivity contribution in [2.24, 2.45) is 0 Å². The van der Waals surface area contributed by atoms with Gasteiger partial charge in [-0.25, -0.2) is 0 Å². The number of halogens is 1. The summed E-state index contributed by atoms with van der Waals surface area (Å²) in [6, 6.07) is 5.24. The standard InChI is InChI=1S/C12H14BrNO3/c1-8(13)6-14(2)12(15)9-3-4-10-11(5-9)17-7-16-10/h3-5,8H,6-7H2,1-2H3. The van der Waals surface area contributed by atoms with E-state index in [0.717, 1.165) is 0 Å². The minimum absolute atomic E-state index is 0.0189. The molecule has 5 heteroatoms. The largest absolute Gasteiger partial charge is 0.454 e. The van der Waals surface area contributed by atoms with Crippen molar-refractivity contribution in [2.75, 3.05) is 20.4 Å². The molecule has 17 heavy (non-hydrogen) atoms. The molecule has 0 bridgehead atoms. The normalized spacial score (nSPS) is 14.5. The van der Waals surface area contributed by atoms with Gasteiger partial charge in [-0.3, -0.25) is 4.79 Å². The number of alkyl halides is 1. The van der Waals surface area contributed by atoms with Crippen molar-refractivity contribution < 1.29 is 14.3 Å². The number of benzene rings is 1. The van der Waals surface area contributed by atoms with E-state index in [2.05, 4.69) is 15.9 Å². The summed E-state index contributed by atoms with van der Waals surface area (Å²) in [5.74, 6) is 1.31. The molecule has 0 saturated carbocycles. The molecule has 0 fully saturated rings. The Bertz CT molecular complexity index is 434. The second-order valence-electron chi connectivity index (χ2n) is 4.03. The smallest absolute Gasteiger partial charge is 0.253 e. The van der Waals surface area contributed by atoms with E-state index in [1.807, 2.05) is 6.92 Å². The first-order valence-electron chi connectivity index (χ1n) is 5.37. The van der Waals surface area contributed by atoms with Gasteiger partial charge in [-0.2, -0.15) is 0 Å². The summed E-state index contributed by atoms with van der Waals surface area (Å²) >= 11 is 3.43. The molecule has 0 saturated heterocycles.